The topological polar surface area (TPSA) is 104 Å². The maximum absolute atomic E-state index is 11.3. The first-order valence-electron chi connectivity index (χ1n) is 10.7. The molecule has 4 aliphatic rings. The third kappa shape index (κ3) is 2.92. The first-order chi connectivity index (χ1) is 12.9. The molecule has 0 amide bonds. The van der Waals surface area contributed by atoms with Gasteiger partial charge in [0.15, 0.2) is 0 Å². The summed E-state index contributed by atoms with van der Waals surface area (Å²) in [6.45, 7) is 6.19. The Morgan fingerprint density at radius 2 is 1.82 bits per heavy atom. The maximum Gasteiger partial charge on any atom is 0.397 e. The van der Waals surface area contributed by atoms with Gasteiger partial charge >= 0.3 is 10.4 Å². The third-order valence-electron chi connectivity index (χ3n) is 9.22. The highest BCUT2D eigenvalue weighted by Crippen LogP contribution is 2.67. The Hall–Kier alpha value is -0.470. The zero-order chi connectivity index (χ0) is 20.5. The van der Waals surface area contributed by atoms with E-state index in [9.17, 15) is 18.6 Å². The van der Waals surface area contributed by atoms with E-state index in [4.69, 9.17) is 8.74 Å². The summed E-state index contributed by atoms with van der Waals surface area (Å²) in [6, 6.07) is 0. The molecule has 4 aliphatic carbocycles. The Kier molecular flexibility index (Phi) is 4.83. The van der Waals surface area contributed by atoms with Gasteiger partial charge in [0.25, 0.3) is 0 Å². The highest BCUT2D eigenvalue weighted by molar-refractivity contribution is 7.80. The minimum Gasteiger partial charge on any atom is -0.390 e. The summed E-state index contributed by atoms with van der Waals surface area (Å²) in [7, 11) is -4.42. The van der Waals surface area contributed by atoms with Crippen LogP contribution in [0.5, 0.6) is 0 Å². The van der Waals surface area contributed by atoms with E-state index in [1.807, 2.05) is 0 Å². The van der Waals surface area contributed by atoms with Crippen LogP contribution in [0.25, 0.3) is 0 Å². The molecule has 4 rings (SSSR count). The number of hydrogen-bond acceptors (Lipinski definition) is 5. The van der Waals surface area contributed by atoms with Crippen molar-refractivity contribution < 1.29 is 27.4 Å². The molecule has 3 saturated carbocycles. The van der Waals surface area contributed by atoms with Crippen LogP contribution < -0.4 is 0 Å². The molecule has 28 heavy (non-hydrogen) atoms. The van der Waals surface area contributed by atoms with Crippen LogP contribution in [0.4, 0.5) is 0 Å². The molecular formula is C21H34O6S. The van der Waals surface area contributed by atoms with Crippen LogP contribution in [0.3, 0.4) is 0 Å². The molecule has 0 aliphatic heterocycles. The molecule has 0 aromatic rings. The van der Waals surface area contributed by atoms with Crippen molar-refractivity contribution >= 4 is 10.4 Å². The molecule has 7 heteroatoms. The van der Waals surface area contributed by atoms with E-state index >= 15 is 0 Å². The molecule has 8 atom stereocenters. The second kappa shape index (κ2) is 6.51. The lowest BCUT2D eigenvalue weighted by molar-refractivity contribution is -0.170. The van der Waals surface area contributed by atoms with E-state index in [1.165, 1.54) is 5.57 Å². The highest BCUT2D eigenvalue weighted by Gasteiger charge is 2.65. The smallest absolute Gasteiger partial charge is 0.390 e. The monoisotopic (exact) mass is 414 g/mol. The van der Waals surface area contributed by atoms with Gasteiger partial charge in [-0.25, -0.2) is 4.18 Å². The molecular weight excluding hydrogens is 380 g/mol. The van der Waals surface area contributed by atoms with Crippen molar-refractivity contribution in [1.82, 2.24) is 0 Å². The van der Waals surface area contributed by atoms with Gasteiger partial charge in [0, 0.05) is 5.41 Å². The molecule has 0 heterocycles. The molecule has 0 bridgehead atoms. The highest BCUT2D eigenvalue weighted by atomic mass is 32.3. The number of aliphatic hydroxyl groups is 2. The average molecular weight is 415 g/mol. The van der Waals surface area contributed by atoms with Gasteiger partial charge in [-0.2, -0.15) is 8.42 Å². The molecule has 0 spiro atoms. The van der Waals surface area contributed by atoms with Gasteiger partial charge in [-0.1, -0.05) is 25.5 Å². The minimum absolute atomic E-state index is 0.0227. The van der Waals surface area contributed by atoms with Crippen LogP contribution in [-0.2, 0) is 14.6 Å². The molecule has 0 aromatic carbocycles. The summed E-state index contributed by atoms with van der Waals surface area (Å²) in [4.78, 5) is 0. The normalized spacial score (nSPS) is 49.6. The standard InChI is InChI=1S/C21H34O6S/c1-13(22)21(23)11-8-18-16-5-4-14-12-15(27-28(24,25)26)6-9-19(14,2)17(16)7-10-20(18,21)3/h4,13,15-18,22-23H,5-12H2,1-3H3,(H,24,25,26)/t13-,15-,16+,17-,18-,19-,20-,21-/m0/s1. The summed E-state index contributed by atoms with van der Waals surface area (Å²) < 4.78 is 36.1. The van der Waals surface area contributed by atoms with Crippen LogP contribution in [-0.4, -0.2) is 41.0 Å². The van der Waals surface area contributed by atoms with Gasteiger partial charge < -0.3 is 10.2 Å². The zero-order valence-electron chi connectivity index (χ0n) is 17.1. The average Bonchev–Trinajstić information content (AvgIpc) is 2.87. The van der Waals surface area contributed by atoms with Crippen molar-refractivity contribution in [1.29, 1.82) is 0 Å². The second-order valence-electron chi connectivity index (χ2n) is 10.2. The van der Waals surface area contributed by atoms with Crippen molar-refractivity contribution in [3.8, 4) is 0 Å². The fraction of sp³-hybridized carbons (Fsp3) is 0.905. The first-order valence-corrected chi connectivity index (χ1v) is 12.0. The summed E-state index contributed by atoms with van der Waals surface area (Å²) in [5.41, 5.74) is 0.0274. The predicted molar refractivity (Wildman–Crippen MR) is 105 cm³/mol. The largest absolute Gasteiger partial charge is 0.397 e. The summed E-state index contributed by atoms with van der Waals surface area (Å²) in [5.74, 6) is 1.39. The Bertz CT molecular complexity index is 776. The van der Waals surface area contributed by atoms with Gasteiger partial charge in [0.05, 0.1) is 17.8 Å². The fourth-order valence-corrected chi connectivity index (χ4v) is 8.13. The Morgan fingerprint density at radius 1 is 1.14 bits per heavy atom. The van der Waals surface area contributed by atoms with E-state index < -0.39 is 28.2 Å². The van der Waals surface area contributed by atoms with Crippen molar-refractivity contribution in [2.24, 2.45) is 28.6 Å². The van der Waals surface area contributed by atoms with Crippen LogP contribution in [0.15, 0.2) is 11.6 Å². The number of rotatable bonds is 3. The Balaban J connectivity index is 1.60. The van der Waals surface area contributed by atoms with E-state index in [2.05, 4.69) is 19.9 Å². The quantitative estimate of drug-likeness (QED) is 0.484. The van der Waals surface area contributed by atoms with Crippen molar-refractivity contribution in [3.05, 3.63) is 11.6 Å². The lowest BCUT2D eigenvalue weighted by atomic mass is 9.46. The van der Waals surface area contributed by atoms with Crippen LogP contribution in [0.2, 0.25) is 0 Å². The molecule has 6 nitrogen and oxygen atoms in total. The number of hydrogen-bond donors (Lipinski definition) is 3. The van der Waals surface area contributed by atoms with Gasteiger partial charge in [-0.3, -0.25) is 4.55 Å². The lowest BCUT2D eigenvalue weighted by Crippen LogP contribution is -2.58. The van der Waals surface area contributed by atoms with Gasteiger partial charge in [-0.05, 0) is 81.5 Å². The SMILES string of the molecule is C[C@H](O)[C@@]1(O)CC[C@H]2[C@@H]3CC=C4C[C@@H](OS(=O)(=O)O)CC[C@]4(C)[C@H]3CC[C@@]21C. The van der Waals surface area contributed by atoms with Gasteiger partial charge in [0.1, 0.15) is 0 Å². The molecule has 0 radical (unpaired) electrons. The van der Waals surface area contributed by atoms with Crippen molar-refractivity contribution in [3.63, 3.8) is 0 Å². The van der Waals surface area contributed by atoms with E-state index in [1.54, 1.807) is 6.92 Å². The third-order valence-corrected chi connectivity index (χ3v) is 9.74. The molecule has 160 valence electrons. The minimum atomic E-state index is -4.42. The number of fused-ring (bicyclic) bond motifs is 5. The van der Waals surface area contributed by atoms with Crippen molar-refractivity contribution in [2.45, 2.75) is 89.9 Å². The number of allylic oxidation sites excluding steroid dienone is 1. The predicted octanol–water partition coefficient (Wildman–Crippen LogP) is 3.25. The second-order valence-corrected chi connectivity index (χ2v) is 11.3. The maximum atomic E-state index is 11.3. The van der Waals surface area contributed by atoms with Gasteiger partial charge in [0.2, 0.25) is 0 Å². The van der Waals surface area contributed by atoms with E-state index in [0.717, 1.165) is 32.1 Å². The van der Waals surface area contributed by atoms with Crippen LogP contribution in [0.1, 0.15) is 72.1 Å². The molecule has 3 fully saturated rings. The summed E-state index contributed by atoms with van der Waals surface area (Å²) >= 11 is 0. The van der Waals surface area contributed by atoms with Crippen LogP contribution >= 0.6 is 0 Å². The zero-order valence-corrected chi connectivity index (χ0v) is 17.9. The van der Waals surface area contributed by atoms with E-state index in [0.29, 0.717) is 37.0 Å². The fourth-order valence-electron chi connectivity index (χ4n) is 7.62. The Morgan fingerprint density at radius 3 is 2.46 bits per heavy atom. The van der Waals surface area contributed by atoms with Crippen molar-refractivity contribution in [2.75, 3.05) is 0 Å². The first kappa shape index (κ1) is 20.8. The molecule has 0 aromatic heterocycles. The summed E-state index contributed by atoms with van der Waals surface area (Å²) in [6.07, 6.45) is 7.57. The molecule has 0 saturated heterocycles. The molecule has 0 unspecified atom stereocenters. The summed E-state index contributed by atoms with van der Waals surface area (Å²) in [5, 5.41) is 21.6. The van der Waals surface area contributed by atoms with E-state index in [-0.39, 0.29) is 10.8 Å². The number of aliphatic hydroxyl groups excluding tert-OH is 1. The lowest BCUT2D eigenvalue weighted by Gasteiger charge is -2.59. The Labute approximate surface area is 168 Å². The van der Waals surface area contributed by atoms with Crippen LogP contribution in [0, 0.1) is 28.6 Å². The van der Waals surface area contributed by atoms with Gasteiger partial charge in [-0.15, -0.1) is 0 Å². The molecule has 3 N–H and O–H groups in total.